The Labute approximate surface area is 233 Å². The smallest absolute Gasteiger partial charge is 0.335 e. The molecule has 0 unspecified atom stereocenters. The molecule has 1 aliphatic rings. The zero-order chi connectivity index (χ0) is 25.8. The number of aryl methyl sites for hydroxylation is 1. The summed E-state index contributed by atoms with van der Waals surface area (Å²) in [6.07, 6.45) is 2.22. The first-order valence-corrected chi connectivity index (χ1v) is 12.7. The van der Waals surface area contributed by atoms with E-state index in [2.05, 4.69) is 17.4 Å². The second-order valence-corrected chi connectivity index (χ2v) is 9.80. The molecule has 0 aromatic heterocycles. The molecule has 0 bridgehead atoms. The topological polar surface area (TPSA) is 78.8 Å². The Hall–Kier alpha value is -3.35. The van der Waals surface area contributed by atoms with Crippen LogP contribution in [0.4, 0.5) is 0 Å². The molecule has 0 amide bonds. The van der Waals surface area contributed by atoms with Gasteiger partial charge < -0.3 is 20.3 Å². The highest BCUT2D eigenvalue weighted by molar-refractivity contribution is 6.30. The Morgan fingerprint density at radius 3 is 2.45 bits per heavy atom. The third kappa shape index (κ3) is 6.74. The Morgan fingerprint density at radius 1 is 0.921 bits per heavy atom. The van der Waals surface area contributed by atoms with Gasteiger partial charge in [0.2, 0.25) is 0 Å². The van der Waals surface area contributed by atoms with Gasteiger partial charge in [-0.2, -0.15) is 0 Å². The lowest BCUT2D eigenvalue weighted by Gasteiger charge is -2.27. The van der Waals surface area contributed by atoms with Crippen molar-refractivity contribution in [2.45, 2.75) is 31.4 Å². The van der Waals surface area contributed by atoms with Crippen LogP contribution >= 0.6 is 24.0 Å². The molecule has 1 aliphatic carbocycles. The van der Waals surface area contributed by atoms with Crippen molar-refractivity contribution in [1.82, 2.24) is 5.32 Å². The van der Waals surface area contributed by atoms with Crippen LogP contribution in [0.3, 0.4) is 0 Å². The number of ether oxygens (including phenoxy) is 1. The van der Waals surface area contributed by atoms with Gasteiger partial charge in [0.05, 0.1) is 11.7 Å². The Balaban J connectivity index is 0.00000336. The highest BCUT2D eigenvalue weighted by Gasteiger charge is 2.20. The van der Waals surface area contributed by atoms with Crippen molar-refractivity contribution >= 4 is 30.0 Å². The Morgan fingerprint density at radius 2 is 1.66 bits per heavy atom. The van der Waals surface area contributed by atoms with E-state index in [1.165, 1.54) is 11.1 Å². The summed E-state index contributed by atoms with van der Waals surface area (Å²) in [5.74, 6) is 0.498. The van der Waals surface area contributed by atoms with E-state index < -0.39 is 12.1 Å². The van der Waals surface area contributed by atoms with Crippen LogP contribution < -0.4 is 10.1 Å². The summed E-state index contributed by atoms with van der Waals surface area (Å²) >= 11 is 6.06. The van der Waals surface area contributed by atoms with E-state index >= 15 is 0 Å². The van der Waals surface area contributed by atoms with E-state index in [0.717, 1.165) is 41.7 Å². The molecule has 0 radical (unpaired) electrons. The minimum absolute atomic E-state index is 0. The highest BCUT2D eigenvalue weighted by atomic mass is 35.5. The van der Waals surface area contributed by atoms with Crippen LogP contribution in [0.1, 0.15) is 39.6 Å². The number of hydrogen-bond acceptors (Lipinski definition) is 4. The second-order valence-electron chi connectivity index (χ2n) is 9.37. The molecular formula is C31H29Cl2NO4. The zero-order valence-corrected chi connectivity index (χ0v) is 22.2. The normalized spacial score (nSPS) is 15.2. The standard InChI is InChI=1S/C31H28ClNO4.ClH/c32-26-8-2-6-23(15-26)30(34)19-33-27-12-10-20-11-13-29(18-25(20)16-27)37-28-9-3-5-22(17-28)21-4-1-7-24(14-21)31(35)36;/h1-9,11,13-15,17-18,27,30,33-34H,10,12,16,19H2,(H,35,36);1H/t27-,30+;/m0./s1. The SMILES string of the molecule is Cl.O=C(O)c1cccc(-c2cccc(Oc3ccc4c(c3)C[C@@H](NC[C@@H](O)c3cccc(Cl)c3)CC4)c2)c1. The average Bonchev–Trinajstić information content (AvgIpc) is 2.91. The molecule has 0 spiro atoms. The summed E-state index contributed by atoms with van der Waals surface area (Å²) in [5, 5.41) is 24.0. The molecule has 4 aromatic rings. The van der Waals surface area contributed by atoms with E-state index in [-0.39, 0.29) is 24.0 Å². The van der Waals surface area contributed by atoms with Gasteiger partial charge >= 0.3 is 5.97 Å². The Kier molecular flexibility index (Phi) is 9.08. The van der Waals surface area contributed by atoms with Gasteiger partial charge in [0.25, 0.3) is 0 Å². The van der Waals surface area contributed by atoms with E-state index in [0.29, 0.717) is 17.3 Å². The van der Waals surface area contributed by atoms with Gasteiger partial charge in [0, 0.05) is 17.6 Å². The first kappa shape index (κ1) is 27.7. The number of carboxylic acids is 1. The van der Waals surface area contributed by atoms with Crippen LogP contribution in [-0.4, -0.2) is 28.8 Å². The number of carboxylic acid groups (broad SMARTS) is 1. The number of benzene rings is 4. The molecule has 0 fully saturated rings. The minimum atomic E-state index is -0.949. The van der Waals surface area contributed by atoms with E-state index in [1.54, 1.807) is 30.3 Å². The quantitative estimate of drug-likeness (QED) is 0.218. The number of carbonyl (C=O) groups is 1. The molecule has 38 heavy (non-hydrogen) atoms. The molecule has 4 aromatic carbocycles. The number of halogens is 2. The summed E-state index contributed by atoms with van der Waals surface area (Å²) in [6, 6.07) is 28.3. The maximum Gasteiger partial charge on any atom is 0.335 e. The average molecular weight is 550 g/mol. The van der Waals surface area contributed by atoms with Crippen LogP contribution in [0.15, 0.2) is 91.0 Å². The number of aliphatic hydroxyl groups is 1. The van der Waals surface area contributed by atoms with Crippen molar-refractivity contribution in [3.05, 3.63) is 118 Å². The maximum atomic E-state index is 11.3. The lowest BCUT2D eigenvalue weighted by Crippen LogP contribution is -2.37. The molecular weight excluding hydrogens is 521 g/mol. The van der Waals surface area contributed by atoms with Crippen molar-refractivity contribution in [3.63, 3.8) is 0 Å². The van der Waals surface area contributed by atoms with Gasteiger partial charge in [-0.15, -0.1) is 12.4 Å². The molecule has 0 saturated heterocycles. The van der Waals surface area contributed by atoms with E-state index in [9.17, 15) is 15.0 Å². The van der Waals surface area contributed by atoms with Crippen LogP contribution in [0.25, 0.3) is 11.1 Å². The molecule has 0 aliphatic heterocycles. The summed E-state index contributed by atoms with van der Waals surface area (Å²) < 4.78 is 6.20. The van der Waals surface area contributed by atoms with Crippen molar-refractivity contribution in [1.29, 1.82) is 0 Å². The fraction of sp³-hybridized carbons (Fsp3) is 0.194. The number of hydrogen-bond donors (Lipinski definition) is 3. The van der Waals surface area contributed by atoms with Gasteiger partial charge in [0.15, 0.2) is 0 Å². The highest BCUT2D eigenvalue weighted by Crippen LogP contribution is 2.31. The third-order valence-electron chi connectivity index (χ3n) is 6.75. The largest absolute Gasteiger partial charge is 0.478 e. The first-order chi connectivity index (χ1) is 17.9. The van der Waals surface area contributed by atoms with Crippen LogP contribution in [0.5, 0.6) is 11.5 Å². The number of fused-ring (bicyclic) bond motifs is 1. The maximum absolute atomic E-state index is 11.3. The molecule has 2 atom stereocenters. The van der Waals surface area contributed by atoms with E-state index in [4.69, 9.17) is 16.3 Å². The first-order valence-electron chi connectivity index (χ1n) is 12.3. The molecule has 196 valence electrons. The van der Waals surface area contributed by atoms with Gasteiger partial charge in [-0.3, -0.25) is 0 Å². The van der Waals surface area contributed by atoms with Gasteiger partial charge in [-0.1, -0.05) is 54.1 Å². The van der Waals surface area contributed by atoms with Crippen molar-refractivity contribution in [3.8, 4) is 22.6 Å². The molecule has 0 heterocycles. The summed E-state index contributed by atoms with van der Waals surface area (Å²) in [6.45, 7) is 0.465. The van der Waals surface area contributed by atoms with Gasteiger partial charge in [-0.05, 0) is 95.6 Å². The number of rotatable bonds is 8. The lowest BCUT2D eigenvalue weighted by molar-refractivity contribution is 0.0697. The van der Waals surface area contributed by atoms with Crippen LogP contribution in [0.2, 0.25) is 5.02 Å². The number of nitrogens with one attached hydrogen (secondary N) is 1. The van der Waals surface area contributed by atoms with Gasteiger partial charge in [-0.25, -0.2) is 4.79 Å². The summed E-state index contributed by atoms with van der Waals surface area (Å²) in [7, 11) is 0. The van der Waals surface area contributed by atoms with E-state index in [1.807, 2.05) is 48.5 Å². The van der Waals surface area contributed by atoms with Crippen LogP contribution in [-0.2, 0) is 12.8 Å². The fourth-order valence-electron chi connectivity index (χ4n) is 4.79. The Bertz CT molecular complexity index is 1420. The number of aromatic carboxylic acids is 1. The predicted octanol–water partition coefficient (Wildman–Crippen LogP) is 7.10. The number of aliphatic hydroxyl groups excluding tert-OH is 1. The molecule has 5 nitrogen and oxygen atoms in total. The molecule has 3 N–H and O–H groups in total. The second kappa shape index (κ2) is 12.5. The molecule has 0 saturated carbocycles. The molecule has 5 rings (SSSR count). The van der Waals surface area contributed by atoms with Crippen molar-refractivity contribution in [2.24, 2.45) is 0 Å². The van der Waals surface area contributed by atoms with Crippen LogP contribution in [0, 0.1) is 0 Å². The monoisotopic (exact) mass is 549 g/mol. The predicted molar refractivity (Wildman–Crippen MR) is 153 cm³/mol. The lowest BCUT2D eigenvalue weighted by atomic mass is 9.88. The van der Waals surface area contributed by atoms with Gasteiger partial charge in [0.1, 0.15) is 11.5 Å². The fourth-order valence-corrected chi connectivity index (χ4v) is 4.99. The van der Waals surface area contributed by atoms with Crippen molar-refractivity contribution in [2.75, 3.05) is 6.54 Å². The summed E-state index contributed by atoms with van der Waals surface area (Å²) in [5.41, 5.74) is 5.33. The van der Waals surface area contributed by atoms with Crippen molar-refractivity contribution < 1.29 is 19.7 Å². The zero-order valence-electron chi connectivity index (χ0n) is 20.6. The minimum Gasteiger partial charge on any atom is -0.478 e. The third-order valence-corrected chi connectivity index (χ3v) is 6.99. The summed E-state index contributed by atoms with van der Waals surface area (Å²) in [4.78, 5) is 11.3. The molecule has 7 heteroatoms.